The van der Waals surface area contributed by atoms with E-state index in [2.05, 4.69) is 81.7 Å². The fraction of sp³-hybridized carbons (Fsp3) is 0.679. The van der Waals surface area contributed by atoms with E-state index in [1.54, 1.807) is 0 Å². The zero-order valence-electron chi connectivity index (χ0n) is 21.3. The van der Waals surface area contributed by atoms with E-state index in [-0.39, 0.29) is 23.4 Å². The highest BCUT2D eigenvalue weighted by Crippen LogP contribution is 2.57. The predicted octanol–water partition coefficient (Wildman–Crippen LogP) is 5.89. The lowest BCUT2D eigenvalue weighted by molar-refractivity contribution is -0.164. The zero-order valence-corrected chi connectivity index (χ0v) is 22.3. The first-order chi connectivity index (χ1) is 15.5. The van der Waals surface area contributed by atoms with Crippen LogP contribution in [0.2, 0.25) is 19.6 Å². The molecule has 2 aliphatic carbocycles. The Hall–Kier alpha value is -1.59. The first-order valence-electron chi connectivity index (χ1n) is 13.0. The van der Waals surface area contributed by atoms with Crippen molar-refractivity contribution in [2.24, 2.45) is 17.8 Å². The van der Waals surface area contributed by atoms with Crippen molar-refractivity contribution < 1.29 is 14.0 Å². The molecular formula is C28H41NO3Si. The summed E-state index contributed by atoms with van der Waals surface area (Å²) in [6.07, 6.45) is 7.70. The number of hydrogen-bond acceptors (Lipinski definition) is 4. The second-order valence-corrected chi connectivity index (χ2v) is 17.0. The average molecular weight is 468 g/mol. The molecule has 5 heteroatoms. The summed E-state index contributed by atoms with van der Waals surface area (Å²) in [5.41, 5.74) is 0.821. The quantitative estimate of drug-likeness (QED) is 0.297. The lowest BCUT2D eigenvalue weighted by Gasteiger charge is -2.46. The van der Waals surface area contributed by atoms with E-state index >= 15 is 0 Å². The van der Waals surface area contributed by atoms with Crippen molar-refractivity contribution in [2.45, 2.75) is 95.6 Å². The highest BCUT2D eigenvalue weighted by Gasteiger charge is 2.71. The normalized spacial score (nSPS) is 37.7. The van der Waals surface area contributed by atoms with Crippen LogP contribution >= 0.6 is 0 Å². The van der Waals surface area contributed by atoms with Gasteiger partial charge in [-0.05, 0) is 68.3 Å². The van der Waals surface area contributed by atoms with E-state index < -0.39 is 13.9 Å². The third-order valence-corrected chi connectivity index (χ3v) is 9.63. The van der Waals surface area contributed by atoms with Gasteiger partial charge in [0.15, 0.2) is 0 Å². The van der Waals surface area contributed by atoms with Crippen LogP contribution in [0.15, 0.2) is 42.2 Å². The van der Waals surface area contributed by atoms with E-state index in [1.807, 2.05) is 0 Å². The molecule has 180 valence electrons. The third kappa shape index (κ3) is 3.99. The van der Waals surface area contributed by atoms with Crippen LogP contribution in [0.1, 0.15) is 58.4 Å². The molecule has 3 fully saturated rings. The molecule has 5 aliphatic rings. The molecule has 4 nitrogen and oxygen atoms in total. The number of nitrogens with zero attached hydrogens (tertiary/aromatic N) is 1. The van der Waals surface area contributed by atoms with Crippen molar-refractivity contribution in [3.05, 3.63) is 47.7 Å². The monoisotopic (exact) mass is 467 g/mol. The third-order valence-electron chi connectivity index (χ3n) is 8.78. The fourth-order valence-electron chi connectivity index (χ4n) is 6.93. The molecule has 2 bridgehead atoms. The van der Waals surface area contributed by atoms with Crippen LogP contribution in [0.4, 0.5) is 0 Å². The zero-order chi connectivity index (χ0) is 23.6. The molecule has 0 spiro atoms. The molecule has 33 heavy (non-hydrogen) atoms. The molecule has 0 N–H and O–H groups in total. The van der Waals surface area contributed by atoms with Gasteiger partial charge in [-0.3, -0.25) is 4.90 Å². The number of fused-ring (bicyclic) bond motifs is 1. The van der Waals surface area contributed by atoms with Gasteiger partial charge in [-0.1, -0.05) is 57.5 Å². The van der Waals surface area contributed by atoms with E-state index in [1.165, 1.54) is 12.0 Å². The van der Waals surface area contributed by atoms with Crippen LogP contribution < -0.4 is 0 Å². The summed E-state index contributed by atoms with van der Waals surface area (Å²) in [5, 5.41) is 0. The van der Waals surface area contributed by atoms with Gasteiger partial charge < -0.3 is 9.16 Å². The Bertz CT molecular complexity index is 936. The van der Waals surface area contributed by atoms with Crippen molar-refractivity contribution in [3.63, 3.8) is 0 Å². The molecule has 7 atom stereocenters. The van der Waals surface area contributed by atoms with E-state index in [4.69, 9.17) is 9.16 Å². The number of carbonyl (C=O) groups excluding carboxylic acids is 1. The summed E-state index contributed by atoms with van der Waals surface area (Å²) in [6, 6.07) is 11.1. The van der Waals surface area contributed by atoms with Crippen LogP contribution in [0.5, 0.6) is 0 Å². The SMILES string of the molecule is C[C@@H]1CC[C@@H](C(C)(C)c2ccccc2)[C@H](OC(=O)[C@]23CN2[C@H]2C=C(O[Si](C)(C)C)[C@@H]3CC2)C1. The van der Waals surface area contributed by atoms with Gasteiger partial charge >= 0.3 is 5.97 Å². The average Bonchev–Trinajstić information content (AvgIpc) is 3.53. The van der Waals surface area contributed by atoms with Crippen molar-refractivity contribution in [1.82, 2.24) is 4.90 Å². The summed E-state index contributed by atoms with van der Waals surface area (Å²) in [4.78, 5) is 16.3. The topological polar surface area (TPSA) is 38.5 Å². The predicted molar refractivity (Wildman–Crippen MR) is 134 cm³/mol. The summed E-state index contributed by atoms with van der Waals surface area (Å²) < 4.78 is 13.0. The Morgan fingerprint density at radius 3 is 2.52 bits per heavy atom. The molecule has 0 aromatic heterocycles. The molecule has 2 saturated heterocycles. The number of carbonyl (C=O) groups is 1. The smallest absolute Gasteiger partial charge is 0.328 e. The standard InChI is InChI=1S/C28H41NO3Si/c1-19-12-14-22(27(2,3)20-10-8-7-9-11-20)24(16-19)31-26(30)28-18-29(28)21-13-15-23(28)25(17-21)32-33(4,5)6/h7-11,17,19,21-24H,12-16,18H2,1-6H3/t19-,21-,22-,23+,24-,28-,29?/m1/s1. The number of hydrogen-bond donors (Lipinski definition) is 0. The first-order valence-corrected chi connectivity index (χ1v) is 16.4. The Labute approximate surface area is 200 Å². The van der Waals surface area contributed by atoms with Gasteiger partial charge in [0.2, 0.25) is 8.32 Å². The number of ether oxygens (including phenoxy) is 1. The molecule has 1 saturated carbocycles. The maximum absolute atomic E-state index is 13.9. The summed E-state index contributed by atoms with van der Waals surface area (Å²) in [7, 11) is -1.72. The van der Waals surface area contributed by atoms with Gasteiger partial charge in [0.1, 0.15) is 11.6 Å². The molecule has 3 aliphatic heterocycles. The minimum absolute atomic E-state index is 0.00920. The maximum atomic E-state index is 13.9. The maximum Gasteiger partial charge on any atom is 0.328 e. The second kappa shape index (κ2) is 7.98. The molecule has 0 amide bonds. The van der Waals surface area contributed by atoms with Gasteiger partial charge in [-0.2, -0.15) is 0 Å². The van der Waals surface area contributed by atoms with Gasteiger partial charge in [0.25, 0.3) is 0 Å². The molecule has 1 unspecified atom stereocenters. The van der Waals surface area contributed by atoms with Gasteiger partial charge in [-0.15, -0.1) is 0 Å². The number of benzene rings is 1. The van der Waals surface area contributed by atoms with Crippen LogP contribution in [-0.4, -0.2) is 43.4 Å². The number of rotatable bonds is 6. The minimum Gasteiger partial charge on any atom is -0.547 e. The van der Waals surface area contributed by atoms with Gasteiger partial charge in [0.05, 0.1) is 5.76 Å². The van der Waals surface area contributed by atoms with E-state index in [9.17, 15) is 4.79 Å². The molecule has 0 radical (unpaired) electrons. The Balaban J connectivity index is 1.38. The Morgan fingerprint density at radius 2 is 1.82 bits per heavy atom. The lowest BCUT2D eigenvalue weighted by atomic mass is 9.64. The summed E-state index contributed by atoms with van der Waals surface area (Å²) in [5.74, 6) is 2.16. The molecular weight excluding hydrogens is 426 g/mol. The van der Waals surface area contributed by atoms with Crippen LogP contribution in [0.25, 0.3) is 0 Å². The largest absolute Gasteiger partial charge is 0.547 e. The van der Waals surface area contributed by atoms with Gasteiger partial charge in [0, 0.05) is 24.4 Å². The second-order valence-electron chi connectivity index (χ2n) is 12.6. The van der Waals surface area contributed by atoms with E-state index in [0.29, 0.717) is 17.9 Å². The van der Waals surface area contributed by atoms with Crippen molar-refractivity contribution >= 4 is 14.3 Å². The molecule has 1 aromatic carbocycles. The van der Waals surface area contributed by atoms with E-state index in [0.717, 1.165) is 38.0 Å². The first kappa shape index (κ1) is 23.2. The lowest BCUT2D eigenvalue weighted by Crippen LogP contribution is -2.53. The molecule has 1 aromatic rings. The highest BCUT2D eigenvalue weighted by atomic mass is 28.4. The number of esters is 1. The van der Waals surface area contributed by atoms with Crippen LogP contribution in [-0.2, 0) is 19.4 Å². The summed E-state index contributed by atoms with van der Waals surface area (Å²) in [6.45, 7) is 14.5. The highest BCUT2D eigenvalue weighted by molar-refractivity contribution is 6.70. The summed E-state index contributed by atoms with van der Waals surface area (Å²) >= 11 is 0. The van der Waals surface area contributed by atoms with Crippen LogP contribution in [0.3, 0.4) is 0 Å². The Morgan fingerprint density at radius 1 is 1.09 bits per heavy atom. The molecule has 3 heterocycles. The number of piperidine rings is 1. The van der Waals surface area contributed by atoms with Crippen LogP contribution in [0, 0.1) is 17.8 Å². The van der Waals surface area contributed by atoms with Crippen molar-refractivity contribution in [2.75, 3.05) is 6.54 Å². The van der Waals surface area contributed by atoms with Crippen molar-refractivity contribution in [3.8, 4) is 0 Å². The molecule has 6 rings (SSSR count). The fourth-order valence-corrected chi connectivity index (χ4v) is 7.84. The minimum atomic E-state index is -1.72. The van der Waals surface area contributed by atoms with Gasteiger partial charge in [-0.25, -0.2) is 4.79 Å². The van der Waals surface area contributed by atoms with Crippen molar-refractivity contribution in [1.29, 1.82) is 0 Å². The Kier molecular flexibility index (Phi) is 5.60.